The van der Waals surface area contributed by atoms with E-state index in [1.54, 1.807) is 7.11 Å². The molecule has 9 nitrogen and oxygen atoms in total. The van der Waals surface area contributed by atoms with Gasteiger partial charge in [0.1, 0.15) is 5.75 Å². The Bertz CT molecular complexity index is 1070. The highest BCUT2D eigenvalue weighted by Gasteiger charge is 2.38. The van der Waals surface area contributed by atoms with E-state index in [9.17, 15) is 26.3 Å². The minimum atomic E-state index is -5.08. The van der Waals surface area contributed by atoms with Crippen molar-refractivity contribution in [1.29, 1.82) is 0 Å². The molecule has 0 aliphatic heterocycles. The van der Waals surface area contributed by atoms with E-state index in [0.29, 0.717) is 12.1 Å². The summed E-state index contributed by atoms with van der Waals surface area (Å²) in [5.74, 6) is -3.80. The Balaban J connectivity index is 0.000000301. The maximum absolute atomic E-state index is 10.6. The number of halogens is 6. The number of carboxylic acids is 2. The van der Waals surface area contributed by atoms with E-state index in [-0.39, 0.29) is 0 Å². The Hall–Kier alpha value is -3.62. The van der Waals surface area contributed by atoms with Gasteiger partial charge in [-0.25, -0.2) is 19.6 Å². The number of nitrogens with one attached hydrogen (secondary N) is 2. The molecular formula is C23H26F6N4O5. The van der Waals surface area contributed by atoms with Crippen LogP contribution in [0.25, 0.3) is 0 Å². The molecule has 4 N–H and O–H groups in total. The molecule has 0 radical (unpaired) electrons. The van der Waals surface area contributed by atoms with Crippen LogP contribution < -0.4 is 15.4 Å². The molecule has 1 fully saturated rings. The predicted molar refractivity (Wildman–Crippen MR) is 122 cm³/mol. The largest absolute Gasteiger partial charge is 0.497 e. The number of hydrogen-bond donors (Lipinski definition) is 4. The van der Waals surface area contributed by atoms with Crippen molar-refractivity contribution in [3.05, 3.63) is 47.3 Å². The first-order valence-corrected chi connectivity index (χ1v) is 11.3. The van der Waals surface area contributed by atoms with Crippen LogP contribution in [0.15, 0.2) is 30.5 Å². The van der Waals surface area contributed by atoms with Crippen LogP contribution in [-0.4, -0.2) is 63.7 Å². The van der Waals surface area contributed by atoms with Gasteiger partial charge < -0.3 is 25.6 Å². The lowest BCUT2D eigenvalue weighted by atomic mass is 9.92. The van der Waals surface area contributed by atoms with E-state index in [4.69, 9.17) is 29.5 Å². The van der Waals surface area contributed by atoms with Crippen LogP contribution in [0.1, 0.15) is 36.1 Å². The number of anilines is 1. The van der Waals surface area contributed by atoms with E-state index in [1.807, 2.05) is 18.3 Å². The maximum Gasteiger partial charge on any atom is 0.490 e. The molecule has 1 unspecified atom stereocenters. The molecule has 0 amide bonds. The molecule has 2 aromatic rings. The fourth-order valence-corrected chi connectivity index (χ4v) is 3.21. The number of carboxylic acid groups (broad SMARTS) is 2. The third kappa shape index (κ3) is 10.8. The molecular weight excluding hydrogens is 526 g/mol. The number of benzene rings is 1. The fraction of sp³-hybridized carbons (Fsp3) is 0.478. The quantitative estimate of drug-likeness (QED) is 0.393. The number of ether oxygens (including phenoxy) is 1. The first-order chi connectivity index (χ1) is 17.7. The number of nitrogens with zero attached hydrogens (tertiary/aromatic N) is 2. The van der Waals surface area contributed by atoms with E-state index < -0.39 is 24.3 Å². The molecule has 0 bridgehead atoms. The Morgan fingerprint density at radius 2 is 1.63 bits per heavy atom. The highest BCUT2D eigenvalue weighted by atomic mass is 19.4. The van der Waals surface area contributed by atoms with Crippen molar-refractivity contribution in [1.82, 2.24) is 15.3 Å². The van der Waals surface area contributed by atoms with Crippen molar-refractivity contribution in [2.75, 3.05) is 12.4 Å². The van der Waals surface area contributed by atoms with Crippen molar-refractivity contribution in [3.8, 4) is 5.75 Å². The van der Waals surface area contributed by atoms with E-state index in [2.05, 4.69) is 27.8 Å². The molecule has 1 saturated carbocycles. The minimum Gasteiger partial charge on any atom is -0.497 e. The first-order valence-electron chi connectivity index (χ1n) is 11.3. The number of hydrogen-bond acceptors (Lipinski definition) is 7. The van der Waals surface area contributed by atoms with Crippen molar-refractivity contribution in [3.63, 3.8) is 0 Å². The predicted octanol–water partition coefficient (Wildman–Crippen LogP) is 3.97. The molecule has 2 aliphatic carbocycles. The van der Waals surface area contributed by atoms with Crippen molar-refractivity contribution >= 4 is 17.9 Å². The van der Waals surface area contributed by atoms with Crippen LogP contribution in [-0.2, 0) is 29.0 Å². The van der Waals surface area contributed by atoms with Crippen LogP contribution in [0.5, 0.6) is 5.75 Å². The van der Waals surface area contributed by atoms with Gasteiger partial charge in [-0.15, -0.1) is 0 Å². The number of methoxy groups -OCH3 is 1. The average Bonchev–Trinajstić information content (AvgIpc) is 3.66. The SMILES string of the molecule is COc1cccc(CNC2CCc3nc(NC4CC4)ncc3C2)c1.O=C(O)C(F)(F)F.O=C(O)C(F)(F)F. The summed E-state index contributed by atoms with van der Waals surface area (Å²) in [6.45, 7) is 0.860. The van der Waals surface area contributed by atoms with Crippen molar-refractivity contribution < 1.29 is 50.9 Å². The molecule has 1 aromatic heterocycles. The second-order valence-electron chi connectivity index (χ2n) is 8.36. The zero-order valence-electron chi connectivity index (χ0n) is 20.1. The summed E-state index contributed by atoms with van der Waals surface area (Å²) >= 11 is 0. The molecule has 0 spiro atoms. The molecule has 4 rings (SSSR count). The molecule has 15 heteroatoms. The van der Waals surface area contributed by atoms with Gasteiger partial charge in [-0.05, 0) is 55.4 Å². The van der Waals surface area contributed by atoms with Crippen LogP contribution >= 0.6 is 0 Å². The first kappa shape index (κ1) is 30.6. The van der Waals surface area contributed by atoms with Crippen LogP contribution in [0.4, 0.5) is 32.3 Å². The third-order valence-corrected chi connectivity index (χ3v) is 5.27. The fourth-order valence-electron chi connectivity index (χ4n) is 3.21. The van der Waals surface area contributed by atoms with Gasteiger partial charge in [-0.3, -0.25) is 0 Å². The lowest BCUT2D eigenvalue weighted by Crippen LogP contribution is -2.34. The van der Waals surface area contributed by atoms with Gasteiger partial charge in [0, 0.05) is 30.5 Å². The lowest BCUT2D eigenvalue weighted by Gasteiger charge is -2.25. The summed E-state index contributed by atoms with van der Waals surface area (Å²) in [7, 11) is 1.71. The normalized spacial score (nSPS) is 16.6. The monoisotopic (exact) mass is 552 g/mol. The van der Waals surface area contributed by atoms with Gasteiger partial charge in [-0.2, -0.15) is 26.3 Å². The highest BCUT2D eigenvalue weighted by Crippen LogP contribution is 2.25. The van der Waals surface area contributed by atoms with Crippen LogP contribution in [0.2, 0.25) is 0 Å². The van der Waals surface area contributed by atoms with Crippen molar-refractivity contribution in [2.45, 2.75) is 63.1 Å². The third-order valence-electron chi connectivity index (χ3n) is 5.27. The van der Waals surface area contributed by atoms with Crippen molar-refractivity contribution in [2.24, 2.45) is 0 Å². The molecule has 2 aliphatic rings. The van der Waals surface area contributed by atoms with Crippen LogP contribution in [0.3, 0.4) is 0 Å². The van der Waals surface area contributed by atoms with Gasteiger partial charge in [0.25, 0.3) is 0 Å². The summed E-state index contributed by atoms with van der Waals surface area (Å²) in [5.41, 5.74) is 3.75. The molecule has 1 heterocycles. The Morgan fingerprint density at radius 3 is 2.16 bits per heavy atom. The van der Waals surface area contributed by atoms with E-state index in [0.717, 1.165) is 37.5 Å². The van der Waals surface area contributed by atoms with E-state index >= 15 is 0 Å². The zero-order chi connectivity index (χ0) is 28.5. The summed E-state index contributed by atoms with van der Waals surface area (Å²) in [5, 5.41) is 21.3. The Kier molecular flexibility index (Phi) is 10.7. The lowest BCUT2D eigenvalue weighted by molar-refractivity contribution is -0.193. The number of rotatable bonds is 6. The summed E-state index contributed by atoms with van der Waals surface area (Å²) in [6.07, 6.45) is -2.52. The van der Waals surface area contributed by atoms with Gasteiger partial charge in [0.2, 0.25) is 5.95 Å². The van der Waals surface area contributed by atoms with Gasteiger partial charge in [-0.1, -0.05) is 12.1 Å². The summed E-state index contributed by atoms with van der Waals surface area (Å²) in [6, 6.07) is 9.31. The van der Waals surface area contributed by atoms with E-state index in [1.165, 1.54) is 29.7 Å². The van der Waals surface area contributed by atoms with Gasteiger partial charge in [0.15, 0.2) is 0 Å². The number of alkyl halides is 6. The summed E-state index contributed by atoms with van der Waals surface area (Å²) in [4.78, 5) is 27.0. The zero-order valence-corrected chi connectivity index (χ0v) is 20.1. The minimum absolute atomic E-state index is 0.481. The Morgan fingerprint density at radius 1 is 1.03 bits per heavy atom. The maximum atomic E-state index is 10.6. The number of aliphatic carboxylic acids is 2. The average molecular weight is 552 g/mol. The molecule has 210 valence electrons. The molecule has 0 saturated heterocycles. The standard InChI is InChI=1S/C19H24N4O.2C2HF3O2/c1-24-17-4-2-3-13(9-17)11-20-16-7-8-18-14(10-16)12-21-19(23-18)22-15-5-6-15;2*3-2(4,5)1(6)7/h2-4,9,12,15-16,20H,5-8,10-11H2,1H3,(H,21,22,23);2*(H,6,7). The number of fused-ring (bicyclic) bond motifs is 1. The number of carbonyl (C=O) groups is 2. The smallest absolute Gasteiger partial charge is 0.490 e. The molecule has 38 heavy (non-hydrogen) atoms. The Labute approximate surface area is 213 Å². The number of aryl methyl sites for hydroxylation is 1. The topological polar surface area (TPSA) is 134 Å². The van der Waals surface area contributed by atoms with Gasteiger partial charge >= 0.3 is 24.3 Å². The van der Waals surface area contributed by atoms with Crippen LogP contribution in [0, 0.1) is 0 Å². The highest BCUT2D eigenvalue weighted by molar-refractivity contribution is 5.73. The summed E-state index contributed by atoms with van der Waals surface area (Å²) < 4.78 is 68.8. The second-order valence-corrected chi connectivity index (χ2v) is 8.36. The second kappa shape index (κ2) is 13.3. The molecule has 1 atom stereocenters. The molecule has 1 aromatic carbocycles. The van der Waals surface area contributed by atoms with Gasteiger partial charge in [0.05, 0.1) is 7.11 Å². The number of aromatic nitrogens is 2.